The summed E-state index contributed by atoms with van der Waals surface area (Å²) in [6.45, 7) is 3.90. The summed E-state index contributed by atoms with van der Waals surface area (Å²) in [4.78, 5) is 30.6. The van der Waals surface area contributed by atoms with E-state index >= 15 is 0 Å². The predicted octanol–water partition coefficient (Wildman–Crippen LogP) is 3.52. The molecule has 0 bridgehead atoms. The largest absolute Gasteiger partial charge is 0.368 e. The monoisotopic (exact) mass is 424 g/mol. The maximum atomic E-state index is 15.0. The van der Waals surface area contributed by atoms with E-state index in [4.69, 9.17) is 0 Å². The van der Waals surface area contributed by atoms with Gasteiger partial charge in [-0.3, -0.25) is 9.59 Å². The van der Waals surface area contributed by atoms with Gasteiger partial charge in [-0.15, -0.1) is 0 Å². The number of nitrogens with zero attached hydrogens (tertiary/aromatic N) is 3. The molecular weight excluding hydrogens is 395 g/mol. The van der Waals surface area contributed by atoms with Gasteiger partial charge in [0.25, 0.3) is 5.91 Å². The lowest BCUT2D eigenvalue weighted by Gasteiger charge is -2.30. The zero-order valence-corrected chi connectivity index (χ0v) is 18.3. The van der Waals surface area contributed by atoms with Crippen molar-refractivity contribution in [2.75, 3.05) is 48.8 Å². The highest BCUT2D eigenvalue weighted by molar-refractivity contribution is 6.08. The van der Waals surface area contributed by atoms with Crippen LogP contribution in [0, 0.1) is 5.82 Å². The van der Waals surface area contributed by atoms with E-state index in [-0.39, 0.29) is 17.6 Å². The third kappa shape index (κ3) is 4.28. The van der Waals surface area contributed by atoms with Crippen LogP contribution in [0.1, 0.15) is 35.7 Å². The van der Waals surface area contributed by atoms with Crippen molar-refractivity contribution in [2.24, 2.45) is 0 Å². The van der Waals surface area contributed by atoms with Crippen LogP contribution < -0.4 is 15.1 Å². The predicted molar refractivity (Wildman–Crippen MR) is 121 cm³/mol. The van der Waals surface area contributed by atoms with Crippen LogP contribution in [0.4, 0.5) is 21.5 Å². The fourth-order valence-electron chi connectivity index (χ4n) is 4.36. The summed E-state index contributed by atoms with van der Waals surface area (Å²) in [6.07, 6.45) is 2.06. The van der Waals surface area contributed by atoms with Crippen molar-refractivity contribution < 1.29 is 14.0 Å². The Kier molecular flexibility index (Phi) is 5.96. The first-order chi connectivity index (χ1) is 14.9. The number of benzene rings is 2. The third-order valence-electron chi connectivity index (χ3n) is 6.27. The van der Waals surface area contributed by atoms with E-state index in [1.54, 1.807) is 30.0 Å². The molecular formula is C24H29FN4O2. The molecule has 2 heterocycles. The summed E-state index contributed by atoms with van der Waals surface area (Å²) < 4.78 is 15.0. The summed E-state index contributed by atoms with van der Waals surface area (Å²) in [6, 6.07) is 10.9. The minimum atomic E-state index is -0.298. The van der Waals surface area contributed by atoms with Gasteiger partial charge in [-0.2, -0.15) is 0 Å². The van der Waals surface area contributed by atoms with Crippen LogP contribution in [0.5, 0.6) is 0 Å². The van der Waals surface area contributed by atoms with Gasteiger partial charge in [-0.1, -0.05) is 6.92 Å². The van der Waals surface area contributed by atoms with Gasteiger partial charge in [0, 0.05) is 49.0 Å². The number of halogens is 1. The van der Waals surface area contributed by atoms with Crippen LogP contribution in [0.25, 0.3) is 0 Å². The van der Waals surface area contributed by atoms with Crippen molar-refractivity contribution in [3.63, 3.8) is 0 Å². The number of hydrogen-bond acceptors (Lipinski definition) is 4. The van der Waals surface area contributed by atoms with Crippen LogP contribution in [0.3, 0.4) is 0 Å². The Morgan fingerprint density at radius 1 is 1.19 bits per heavy atom. The van der Waals surface area contributed by atoms with Gasteiger partial charge in [0.1, 0.15) is 5.82 Å². The molecule has 1 fully saturated rings. The van der Waals surface area contributed by atoms with E-state index in [1.165, 1.54) is 6.07 Å². The van der Waals surface area contributed by atoms with Gasteiger partial charge in [0.2, 0.25) is 5.91 Å². The highest BCUT2D eigenvalue weighted by atomic mass is 19.1. The molecule has 4 rings (SSSR count). The molecule has 0 unspecified atom stereocenters. The molecule has 1 saturated heterocycles. The molecule has 6 nitrogen and oxygen atoms in total. The molecule has 1 N–H and O–H groups in total. The summed E-state index contributed by atoms with van der Waals surface area (Å²) in [5.74, 6) is -0.502. The van der Waals surface area contributed by atoms with Crippen LogP contribution >= 0.6 is 0 Å². The minimum absolute atomic E-state index is 0.0609. The first kappa shape index (κ1) is 21.3. The van der Waals surface area contributed by atoms with Gasteiger partial charge in [0.15, 0.2) is 0 Å². The molecule has 2 aromatic rings. The smallest absolute Gasteiger partial charge is 0.258 e. The number of amides is 2. The van der Waals surface area contributed by atoms with Crippen LogP contribution in [-0.2, 0) is 11.2 Å². The van der Waals surface area contributed by atoms with E-state index < -0.39 is 0 Å². The van der Waals surface area contributed by atoms with Gasteiger partial charge < -0.3 is 20.0 Å². The van der Waals surface area contributed by atoms with E-state index in [1.807, 2.05) is 26.2 Å². The Morgan fingerprint density at radius 3 is 2.68 bits per heavy atom. The quantitative estimate of drug-likeness (QED) is 0.798. The highest BCUT2D eigenvalue weighted by Crippen LogP contribution is 2.31. The topological polar surface area (TPSA) is 55.9 Å². The molecule has 1 atom stereocenters. The third-order valence-corrected chi connectivity index (χ3v) is 6.27. The lowest BCUT2D eigenvalue weighted by atomic mass is 9.97. The zero-order valence-electron chi connectivity index (χ0n) is 18.3. The van der Waals surface area contributed by atoms with Crippen LogP contribution in [0.15, 0.2) is 36.4 Å². The second-order valence-electron chi connectivity index (χ2n) is 8.47. The van der Waals surface area contributed by atoms with Crippen LogP contribution in [0.2, 0.25) is 0 Å². The number of hydrogen-bond donors (Lipinski definition) is 1. The van der Waals surface area contributed by atoms with Gasteiger partial charge in [-0.25, -0.2) is 4.39 Å². The first-order valence-corrected chi connectivity index (χ1v) is 10.8. The molecule has 2 aromatic carbocycles. The highest BCUT2D eigenvalue weighted by Gasteiger charge is 2.29. The molecule has 31 heavy (non-hydrogen) atoms. The molecule has 0 spiro atoms. The molecule has 2 aliphatic rings. The molecule has 2 aliphatic heterocycles. The second kappa shape index (κ2) is 8.67. The Bertz CT molecular complexity index is 1010. The Morgan fingerprint density at radius 2 is 2.00 bits per heavy atom. The summed E-state index contributed by atoms with van der Waals surface area (Å²) in [5.41, 5.74) is 3.36. The maximum absolute atomic E-state index is 15.0. The summed E-state index contributed by atoms with van der Waals surface area (Å²) in [7, 11) is 4.10. The SMILES string of the molecule is CCC(=O)Nc1ccc2c(c1)CCN(c1ccc(N3CC[C@@H](N(C)C)C3)c(F)c1)C2=O. The lowest BCUT2D eigenvalue weighted by Crippen LogP contribution is -2.37. The van der Waals surface area contributed by atoms with Gasteiger partial charge >= 0.3 is 0 Å². The number of fused-ring (bicyclic) bond motifs is 1. The number of nitrogens with one attached hydrogen (secondary N) is 1. The lowest BCUT2D eigenvalue weighted by molar-refractivity contribution is -0.115. The Labute approximate surface area is 182 Å². The fourth-order valence-corrected chi connectivity index (χ4v) is 4.36. The molecule has 0 aromatic heterocycles. The zero-order chi connectivity index (χ0) is 22.1. The average molecular weight is 425 g/mol. The molecule has 0 saturated carbocycles. The molecule has 7 heteroatoms. The number of rotatable bonds is 5. The summed E-state index contributed by atoms with van der Waals surface area (Å²) >= 11 is 0. The van der Waals surface area contributed by atoms with Gasteiger partial charge in [0.05, 0.1) is 5.69 Å². The van der Waals surface area contributed by atoms with Crippen LogP contribution in [-0.4, -0.2) is 56.5 Å². The van der Waals surface area contributed by atoms with Crippen molar-refractivity contribution in [3.05, 3.63) is 53.3 Å². The molecule has 164 valence electrons. The number of carbonyl (C=O) groups excluding carboxylic acids is 2. The Hall–Kier alpha value is -2.93. The van der Waals surface area contributed by atoms with Crippen molar-refractivity contribution >= 4 is 28.9 Å². The van der Waals surface area contributed by atoms with Crippen molar-refractivity contribution in [1.82, 2.24) is 4.90 Å². The normalized spacial score (nSPS) is 18.5. The number of anilines is 3. The Balaban J connectivity index is 1.51. The first-order valence-electron chi connectivity index (χ1n) is 10.8. The fraction of sp³-hybridized carbons (Fsp3) is 0.417. The number of likely N-dealkylation sites (N-methyl/N-ethyl adjacent to an activating group) is 1. The van der Waals surface area contributed by atoms with Crippen molar-refractivity contribution in [3.8, 4) is 0 Å². The molecule has 0 radical (unpaired) electrons. The second-order valence-corrected chi connectivity index (χ2v) is 8.47. The van der Waals surface area contributed by atoms with Crippen molar-refractivity contribution in [2.45, 2.75) is 32.2 Å². The van der Waals surface area contributed by atoms with E-state index in [9.17, 15) is 14.0 Å². The molecule has 2 amide bonds. The standard InChI is InChI=1S/C24H29FN4O2/c1-4-23(30)26-17-5-7-20-16(13-17)9-12-29(24(20)31)18-6-8-22(21(25)14-18)28-11-10-19(15-28)27(2)3/h5-8,13-14,19H,4,9-12,15H2,1-3H3,(H,26,30)/t19-/m1/s1. The maximum Gasteiger partial charge on any atom is 0.258 e. The summed E-state index contributed by atoms with van der Waals surface area (Å²) in [5, 5.41) is 2.83. The van der Waals surface area contributed by atoms with E-state index in [0.717, 1.165) is 25.1 Å². The molecule has 0 aliphatic carbocycles. The average Bonchev–Trinajstić information content (AvgIpc) is 3.24. The van der Waals surface area contributed by atoms with Gasteiger partial charge in [-0.05, 0) is 68.9 Å². The number of carbonyl (C=O) groups is 2. The van der Waals surface area contributed by atoms with E-state index in [2.05, 4.69) is 15.1 Å². The minimum Gasteiger partial charge on any atom is -0.368 e. The van der Waals surface area contributed by atoms with Crippen molar-refractivity contribution in [1.29, 1.82) is 0 Å². The van der Waals surface area contributed by atoms with E-state index in [0.29, 0.717) is 48.1 Å².